The molecule has 3 rings (SSSR count). The number of benzene rings is 3. The molecule has 0 bridgehead atoms. The van der Waals surface area contributed by atoms with E-state index < -0.39 is 7.92 Å². The minimum absolute atomic E-state index is 0.446. The molecule has 0 aliphatic carbocycles. The zero-order valence-corrected chi connectivity index (χ0v) is 17.3. The first-order valence-corrected chi connectivity index (χ1v) is 13.6. The van der Waals surface area contributed by atoms with Crippen molar-refractivity contribution in [1.82, 2.24) is 0 Å². The van der Waals surface area contributed by atoms with Crippen LogP contribution in [0.5, 0.6) is 0 Å². The van der Waals surface area contributed by atoms with Crippen molar-refractivity contribution in [2.24, 2.45) is 0 Å². The molecule has 24 heavy (non-hydrogen) atoms. The topological polar surface area (TPSA) is 0 Å². The van der Waals surface area contributed by atoms with Gasteiger partial charge in [0.1, 0.15) is 0 Å². The van der Waals surface area contributed by atoms with Crippen molar-refractivity contribution in [3.63, 3.8) is 0 Å². The van der Waals surface area contributed by atoms with E-state index in [1.165, 1.54) is 15.9 Å². The van der Waals surface area contributed by atoms with E-state index in [9.17, 15) is 0 Å². The van der Waals surface area contributed by atoms with Crippen molar-refractivity contribution in [3.05, 3.63) is 104 Å². The van der Waals surface area contributed by atoms with E-state index in [0.717, 1.165) is 4.89 Å². The third-order valence-corrected chi connectivity index (χ3v) is 7.53. The monoisotopic (exact) mass is 488 g/mol. The Morgan fingerprint density at radius 3 is 1.25 bits per heavy atom. The average Bonchev–Trinajstić information content (AvgIpc) is 2.66. The molecule has 0 atom stereocenters. The Balaban J connectivity index is 0.000000368. The first-order chi connectivity index (χ1) is 11.9. The van der Waals surface area contributed by atoms with Gasteiger partial charge in [0, 0.05) is 0 Å². The van der Waals surface area contributed by atoms with Gasteiger partial charge in [0.05, 0.1) is 0 Å². The fourth-order valence-electron chi connectivity index (χ4n) is 2.21. The van der Waals surface area contributed by atoms with Crippen LogP contribution in [0.25, 0.3) is 0 Å². The maximum atomic E-state index is 3.53. The van der Waals surface area contributed by atoms with E-state index >= 15 is 0 Å². The summed E-state index contributed by atoms with van der Waals surface area (Å²) >= 11 is 3.99. The Kier molecular flexibility index (Phi) is 9.26. The summed E-state index contributed by atoms with van der Waals surface area (Å²) in [6.45, 7) is 3.53. The zero-order valence-electron chi connectivity index (χ0n) is 13.3. The Morgan fingerprint density at radius 2 is 1.04 bits per heavy atom. The quantitative estimate of drug-likeness (QED) is 0.255. The maximum Gasteiger partial charge on any atom is -0.0134 e. The number of allylic oxidation sites excluding steroid dienone is 1. The van der Waals surface area contributed by atoms with E-state index in [1.54, 1.807) is 0 Å². The van der Waals surface area contributed by atoms with Crippen LogP contribution in [0.3, 0.4) is 0 Å². The van der Waals surface area contributed by atoms with Crippen LogP contribution in [-0.2, 0) is 16.0 Å². The van der Waals surface area contributed by atoms with Crippen molar-refractivity contribution < 1.29 is 16.0 Å². The van der Waals surface area contributed by atoms with Gasteiger partial charge in [-0.05, 0) is 23.8 Å². The molecule has 0 amide bonds. The molecule has 0 aromatic heterocycles. The van der Waals surface area contributed by atoms with Gasteiger partial charge in [0.2, 0.25) is 0 Å². The molecule has 0 heterocycles. The van der Waals surface area contributed by atoms with Crippen molar-refractivity contribution in [2.75, 3.05) is 0 Å². The molecule has 3 aromatic rings. The summed E-state index contributed by atoms with van der Waals surface area (Å²) in [5, 5.41) is 4.19. The molecule has 0 saturated carbocycles. The Hall–Kier alpha value is -1.03. The number of hydrogen-bond donors (Lipinski definition) is 0. The average molecular weight is 490 g/mol. The third kappa shape index (κ3) is 6.12. The van der Waals surface area contributed by atoms with E-state index in [1.807, 2.05) is 6.08 Å². The van der Waals surface area contributed by atoms with Gasteiger partial charge in [0.15, 0.2) is 0 Å². The summed E-state index contributed by atoms with van der Waals surface area (Å²) in [6, 6.07) is 32.3. The largest absolute Gasteiger partial charge is 0.0622 e. The summed E-state index contributed by atoms with van der Waals surface area (Å²) in [4.78, 5) is 1.12. The molecule has 0 radical (unpaired) electrons. The van der Waals surface area contributed by atoms with Gasteiger partial charge in [-0.15, -0.1) is 0 Å². The molecule has 3 heteroatoms. The van der Waals surface area contributed by atoms with Gasteiger partial charge in [-0.3, -0.25) is 0 Å². The standard InChI is InChI=1S/C18H15P.C3H5.BrH.Pd/c1-4-10-16(11-5-1)19(17-12-6-2-7-13-17)18-14-8-3-9-15-18;1-3-2;;/h1-15H;3H,1-2H2;1H;/q;;;+1/p-1. The second-order valence-corrected chi connectivity index (χ2v) is 10.2. The summed E-state index contributed by atoms with van der Waals surface area (Å²) in [6.07, 6.45) is 1.91. The van der Waals surface area contributed by atoms with Crippen LogP contribution in [-0.4, -0.2) is 0 Å². The van der Waals surface area contributed by atoms with Crippen LogP contribution >= 0.6 is 21.4 Å². The summed E-state index contributed by atoms with van der Waals surface area (Å²) in [5.74, 6) is 0. The molecule has 0 unspecified atom stereocenters. The van der Waals surface area contributed by atoms with Crippen molar-refractivity contribution in [3.8, 4) is 0 Å². The van der Waals surface area contributed by atoms with Crippen LogP contribution in [0, 0.1) is 0 Å². The maximum absolute atomic E-state index is 3.53. The third-order valence-electron chi connectivity index (χ3n) is 3.18. The first-order valence-electron chi connectivity index (χ1n) is 7.56. The molecule has 0 nitrogen and oxygen atoms in total. The Morgan fingerprint density at radius 1 is 0.708 bits per heavy atom. The molecular formula is C21H20BrPPd. The summed E-state index contributed by atoms with van der Waals surface area (Å²) in [7, 11) is -0.446. The van der Waals surface area contributed by atoms with E-state index in [4.69, 9.17) is 0 Å². The fraction of sp³-hybridized carbons (Fsp3) is 0.0476. The predicted molar refractivity (Wildman–Crippen MR) is 109 cm³/mol. The van der Waals surface area contributed by atoms with Gasteiger partial charge >= 0.3 is 46.9 Å². The number of hydrogen-bond acceptors (Lipinski definition) is 0. The molecule has 126 valence electrons. The first kappa shape index (κ1) is 19.3. The van der Waals surface area contributed by atoms with Crippen molar-refractivity contribution >= 4 is 37.3 Å². The second kappa shape index (κ2) is 11.5. The van der Waals surface area contributed by atoms with Gasteiger partial charge in [-0.25, -0.2) is 0 Å². The van der Waals surface area contributed by atoms with E-state index in [2.05, 4.69) is 111 Å². The summed E-state index contributed by atoms with van der Waals surface area (Å²) < 4.78 is 0. The van der Waals surface area contributed by atoms with Crippen LogP contribution in [0.15, 0.2) is 104 Å². The van der Waals surface area contributed by atoms with Crippen LogP contribution < -0.4 is 15.9 Å². The SMILES string of the molecule is C=C[CH2][Pd][Br].c1ccc(P(c2ccccc2)c2ccccc2)cc1. The minimum atomic E-state index is -0.446. The number of halogens is 1. The Bertz CT molecular complexity index is 608. The van der Waals surface area contributed by atoms with E-state index in [-0.39, 0.29) is 0 Å². The van der Waals surface area contributed by atoms with Crippen molar-refractivity contribution in [2.45, 2.75) is 4.89 Å². The molecule has 0 fully saturated rings. The van der Waals surface area contributed by atoms with Gasteiger partial charge in [0.25, 0.3) is 0 Å². The van der Waals surface area contributed by atoms with Gasteiger partial charge in [-0.2, -0.15) is 0 Å². The molecule has 0 aliphatic heterocycles. The van der Waals surface area contributed by atoms with Crippen LogP contribution in [0.1, 0.15) is 0 Å². The molecule has 0 saturated heterocycles. The number of rotatable bonds is 5. The van der Waals surface area contributed by atoms with E-state index in [0.29, 0.717) is 16.0 Å². The van der Waals surface area contributed by atoms with Crippen molar-refractivity contribution in [1.29, 1.82) is 0 Å². The van der Waals surface area contributed by atoms with Crippen LogP contribution in [0.2, 0.25) is 4.89 Å². The Labute approximate surface area is 161 Å². The minimum Gasteiger partial charge on any atom is -0.0622 e. The van der Waals surface area contributed by atoms with Gasteiger partial charge < -0.3 is 0 Å². The molecule has 3 aromatic carbocycles. The normalized spacial score (nSPS) is 10.1. The molecule has 0 spiro atoms. The van der Waals surface area contributed by atoms with Gasteiger partial charge in [-0.1, -0.05) is 91.0 Å². The molecule has 0 N–H and O–H groups in total. The predicted octanol–water partition coefficient (Wildman–Crippen LogP) is 5.43. The molecular weight excluding hydrogens is 470 g/mol. The molecule has 0 aliphatic rings. The summed E-state index contributed by atoms with van der Waals surface area (Å²) in [5.41, 5.74) is 0. The second-order valence-electron chi connectivity index (χ2n) is 4.84. The fourth-order valence-corrected chi connectivity index (χ4v) is 5.54. The van der Waals surface area contributed by atoms with Crippen LogP contribution in [0.4, 0.5) is 0 Å². The smallest absolute Gasteiger partial charge is 0.0134 e. The zero-order chi connectivity index (χ0) is 17.0.